The van der Waals surface area contributed by atoms with Crippen LogP contribution in [0.4, 0.5) is 0 Å². The fraction of sp³-hybridized carbons (Fsp3) is 0.478. The minimum Gasteiger partial charge on any atom is -0.438 e. The summed E-state index contributed by atoms with van der Waals surface area (Å²) in [7, 11) is -0.996. The largest absolute Gasteiger partial charge is 0.438 e. The van der Waals surface area contributed by atoms with E-state index in [0.717, 1.165) is 11.5 Å². The fourth-order valence-electron chi connectivity index (χ4n) is 3.56. The molecule has 0 saturated heterocycles. The molecule has 3 rings (SSSR count). The maximum Gasteiger partial charge on any atom is 0.293 e. The molecule has 0 radical (unpaired) electrons. The highest BCUT2D eigenvalue weighted by Gasteiger charge is 2.31. The summed E-state index contributed by atoms with van der Waals surface area (Å²) in [5, 5.41) is 0. The second-order valence-corrected chi connectivity index (χ2v) is 9.46. The Kier molecular flexibility index (Phi) is 6.59. The van der Waals surface area contributed by atoms with E-state index in [9.17, 15) is 0 Å². The van der Waals surface area contributed by atoms with Crippen LogP contribution in [0.2, 0.25) is 0 Å². The van der Waals surface area contributed by atoms with Gasteiger partial charge < -0.3 is 9.05 Å². The molecule has 1 aliphatic rings. The van der Waals surface area contributed by atoms with E-state index in [1.807, 2.05) is 0 Å². The Morgan fingerprint density at radius 1 is 0.731 bits per heavy atom. The van der Waals surface area contributed by atoms with Crippen molar-refractivity contribution in [1.29, 1.82) is 0 Å². The number of rotatable bonds is 7. The van der Waals surface area contributed by atoms with Crippen LogP contribution in [-0.2, 0) is 0 Å². The molecule has 0 atom stereocenters. The Morgan fingerprint density at radius 3 is 1.58 bits per heavy atom. The Hall–Kier alpha value is -1.53. The molecule has 0 spiro atoms. The van der Waals surface area contributed by atoms with Crippen LogP contribution in [0.1, 0.15) is 76.3 Å². The quantitative estimate of drug-likeness (QED) is 0.466. The van der Waals surface area contributed by atoms with Gasteiger partial charge in [0, 0.05) is 0 Å². The molecule has 3 heteroatoms. The zero-order chi connectivity index (χ0) is 18.5. The number of hydrogen-bond donors (Lipinski definition) is 0. The Balaban J connectivity index is 1.87. The van der Waals surface area contributed by atoms with Gasteiger partial charge in [-0.15, -0.1) is 0 Å². The van der Waals surface area contributed by atoms with Crippen molar-refractivity contribution in [2.24, 2.45) is 0 Å². The van der Waals surface area contributed by atoms with Crippen LogP contribution in [0.25, 0.3) is 0 Å². The molecule has 140 valence electrons. The van der Waals surface area contributed by atoms with E-state index in [0.29, 0.717) is 17.5 Å². The van der Waals surface area contributed by atoms with Crippen molar-refractivity contribution >= 4 is 8.38 Å². The molecule has 2 aromatic rings. The third kappa shape index (κ3) is 4.60. The van der Waals surface area contributed by atoms with Crippen LogP contribution in [0.3, 0.4) is 0 Å². The third-order valence-electron chi connectivity index (χ3n) is 5.08. The summed E-state index contributed by atoms with van der Waals surface area (Å²) in [6.07, 6.45) is 4.99. The van der Waals surface area contributed by atoms with Gasteiger partial charge in [-0.05, 0) is 47.9 Å². The first-order valence-corrected chi connectivity index (χ1v) is 11.1. The van der Waals surface area contributed by atoms with Crippen molar-refractivity contribution in [3.63, 3.8) is 0 Å². The molecule has 0 N–H and O–H groups in total. The lowest BCUT2D eigenvalue weighted by molar-refractivity contribution is 0.464. The molecule has 2 nitrogen and oxygen atoms in total. The number of para-hydroxylation sites is 2. The summed E-state index contributed by atoms with van der Waals surface area (Å²) in [5.74, 6) is 2.86. The first-order valence-electron chi connectivity index (χ1n) is 9.89. The topological polar surface area (TPSA) is 18.5 Å². The van der Waals surface area contributed by atoms with Gasteiger partial charge in [0.25, 0.3) is 8.38 Å². The lowest BCUT2D eigenvalue weighted by Crippen LogP contribution is -2.11. The van der Waals surface area contributed by atoms with Crippen LogP contribution < -0.4 is 9.05 Å². The van der Waals surface area contributed by atoms with Crippen molar-refractivity contribution in [3.8, 4) is 11.5 Å². The average Bonchev–Trinajstić information content (AvgIpc) is 3.16. The van der Waals surface area contributed by atoms with E-state index in [1.54, 1.807) is 0 Å². The molecule has 2 aromatic carbocycles. The molecule has 0 bridgehead atoms. The van der Waals surface area contributed by atoms with E-state index < -0.39 is 8.38 Å². The maximum atomic E-state index is 6.57. The third-order valence-corrected chi connectivity index (χ3v) is 6.95. The summed E-state index contributed by atoms with van der Waals surface area (Å²) in [4.78, 5) is 0. The molecule has 0 aromatic heterocycles. The molecular formula is C23H31O2P. The molecule has 0 unspecified atom stereocenters. The standard InChI is InChI=1S/C23H31O2P/c1-17(2)20-13-7-9-15-22(20)24-26(19-11-5-6-12-19)25-23-16-10-8-14-21(23)18(3)4/h7-10,13-19H,5-6,11-12H2,1-4H3. The van der Waals surface area contributed by atoms with Crippen molar-refractivity contribution in [1.82, 2.24) is 0 Å². The molecular weight excluding hydrogens is 339 g/mol. The predicted molar refractivity (Wildman–Crippen MR) is 111 cm³/mol. The highest BCUT2D eigenvalue weighted by atomic mass is 31.2. The van der Waals surface area contributed by atoms with Gasteiger partial charge in [0.1, 0.15) is 11.5 Å². The van der Waals surface area contributed by atoms with E-state index in [2.05, 4.69) is 76.2 Å². The van der Waals surface area contributed by atoms with Crippen LogP contribution in [0.5, 0.6) is 11.5 Å². The molecule has 1 fully saturated rings. The first-order chi connectivity index (χ1) is 12.6. The second-order valence-electron chi connectivity index (χ2n) is 7.79. The Morgan fingerprint density at radius 2 is 1.15 bits per heavy atom. The predicted octanol–water partition coefficient (Wildman–Crippen LogP) is 7.65. The summed E-state index contributed by atoms with van der Waals surface area (Å²) < 4.78 is 13.1. The van der Waals surface area contributed by atoms with E-state index in [-0.39, 0.29) is 0 Å². The van der Waals surface area contributed by atoms with E-state index in [1.165, 1.54) is 36.8 Å². The SMILES string of the molecule is CC(C)c1ccccc1OP(Oc1ccccc1C(C)C)C1CCCC1. The van der Waals surface area contributed by atoms with Gasteiger partial charge in [0.15, 0.2) is 0 Å². The van der Waals surface area contributed by atoms with Crippen molar-refractivity contribution in [2.75, 3.05) is 0 Å². The first kappa shape index (κ1) is 19.2. The van der Waals surface area contributed by atoms with Gasteiger partial charge in [-0.1, -0.05) is 76.9 Å². The minimum absolute atomic E-state index is 0.439. The molecule has 0 heterocycles. The van der Waals surface area contributed by atoms with Gasteiger partial charge in [-0.25, -0.2) is 0 Å². The summed E-state index contributed by atoms with van der Waals surface area (Å²) >= 11 is 0. The summed E-state index contributed by atoms with van der Waals surface area (Å²) in [5.41, 5.74) is 3.04. The zero-order valence-electron chi connectivity index (χ0n) is 16.4. The average molecular weight is 370 g/mol. The molecule has 26 heavy (non-hydrogen) atoms. The fourth-order valence-corrected chi connectivity index (χ4v) is 5.40. The zero-order valence-corrected chi connectivity index (χ0v) is 17.3. The van der Waals surface area contributed by atoms with Crippen LogP contribution in [0, 0.1) is 0 Å². The summed E-state index contributed by atoms with van der Waals surface area (Å²) in [6.45, 7) is 8.87. The van der Waals surface area contributed by atoms with Gasteiger partial charge >= 0.3 is 0 Å². The van der Waals surface area contributed by atoms with Gasteiger partial charge in [0.05, 0.1) is 5.66 Å². The van der Waals surface area contributed by atoms with Gasteiger partial charge in [-0.3, -0.25) is 0 Å². The number of hydrogen-bond acceptors (Lipinski definition) is 2. The van der Waals surface area contributed by atoms with E-state index in [4.69, 9.17) is 9.05 Å². The highest BCUT2D eigenvalue weighted by molar-refractivity contribution is 7.49. The molecule has 1 aliphatic carbocycles. The van der Waals surface area contributed by atoms with Crippen LogP contribution in [-0.4, -0.2) is 5.66 Å². The van der Waals surface area contributed by atoms with E-state index >= 15 is 0 Å². The van der Waals surface area contributed by atoms with Crippen LogP contribution in [0.15, 0.2) is 48.5 Å². The second kappa shape index (κ2) is 8.91. The van der Waals surface area contributed by atoms with Gasteiger partial charge in [-0.2, -0.15) is 0 Å². The maximum absolute atomic E-state index is 6.57. The Labute approximate surface area is 159 Å². The smallest absolute Gasteiger partial charge is 0.293 e. The number of benzene rings is 2. The van der Waals surface area contributed by atoms with Crippen molar-refractivity contribution in [2.45, 2.75) is 70.9 Å². The van der Waals surface area contributed by atoms with Gasteiger partial charge in [0.2, 0.25) is 0 Å². The lowest BCUT2D eigenvalue weighted by Gasteiger charge is -2.26. The summed E-state index contributed by atoms with van der Waals surface area (Å²) in [6, 6.07) is 16.8. The molecule has 1 saturated carbocycles. The van der Waals surface area contributed by atoms with Crippen molar-refractivity contribution in [3.05, 3.63) is 59.7 Å². The Bertz CT molecular complexity index is 651. The molecule has 0 aliphatic heterocycles. The normalized spacial score (nSPS) is 15.2. The molecule has 0 amide bonds. The minimum atomic E-state index is -0.996. The highest BCUT2D eigenvalue weighted by Crippen LogP contribution is 2.52. The van der Waals surface area contributed by atoms with Crippen LogP contribution >= 0.6 is 8.38 Å². The van der Waals surface area contributed by atoms with Crippen molar-refractivity contribution < 1.29 is 9.05 Å². The monoisotopic (exact) mass is 370 g/mol. The lowest BCUT2D eigenvalue weighted by atomic mass is 10.0.